The van der Waals surface area contributed by atoms with E-state index in [1.165, 1.54) is 24.5 Å². The maximum Gasteiger partial charge on any atom is 0.308 e. The maximum atomic E-state index is 12.0. The first kappa shape index (κ1) is 15.0. The fraction of sp³-hybridized carbons (Fsp3) is 0.125. The van der Waals surface area contributed by atoms with Crippen LogP contribution in [0.2, 0.25) is 0 Å². The summed E-state index contributed by atoms with van der Waals surface area (Å²) >= 11 is 0. The molecule has 1 heterocycles. The van der Waals surface area contributed by atoms with E-state index in [0.717, 1.165) is 0 Å². The molecule has 6 heteroatoms. The number of aromatic nitrogens is 1. The number of ether oxygens (including phenoxy) is 1. The molecule has 0 spiro atoms. The largest absolute Gasteiger partial charge is 0.424 e. The number of nitrogens with zero attached hydrogens (tertiary/aromatic N) is 3. The first-order chi connectivity index (χ1) is 10.5. The van der Waals surface area contributed by atoms with Gasteiger partial charge in [0.1, 0.15) is 17.7 Å². The van der Waals surface area contributed by atoms with Gasteiger partial charge in [0.15, 0.2) is 5.75 Å². The molecule has 108 valence electrons. The molecule has 1 aromatic carbocycles. The zero-order chi connectivity index (χ0) is 16.3. The summed E-state index contributed by atoms with van der Waals surface area (Å²) in [6, 6.07) is 10.3. The highest BCUT2D eigenvalue weighted by Gasteiger charge is 2.21. The summed E-state index contributed by atoms with van der Waals surface area (Å²) in [4.78, 5) is 23.3. The molecule has 0 aliphatic heterocycles. The minimum atomic E-state index is -0.559. The fourth-order valence-corrected chi connectivity index (χ4v) is 2.18. The summed E-state index contributed by atoms with van der Waals surface area (Å²) in [6.07, 6.45) is 1.24. The van der Waals surface area contributed by atoms with Crippen LogP contribution in [0.1, 0.15) is 24.3 Å². The molecule has 0 saturated carbocycles. The molecule has 0 bridgehead atoms. The average molecular weight is 293 g/mol. The van der Waals surface area contributed by atoms with Crippen LogP contribution in [0.5, 0.6) is 5.75 Å². The normalized spacial score (nSPS) is 9.64. The Balaban J connectivity index is 2.92. The first-order valence-electron chi connectivity index (χ1n) is 6.34. The van der Waals surface area contributed by atoms with E-state index in [4.69, 9.17) is 15.3 Å². The molecule has 0 fully saturated rings. The third-order valence-corrected chi connectivity index (χ3v) is 2.95. The summed E-state index contributed by atoms with van der Waals surface area (Å²) in [6.45, 7) is 2.59. The summed E-state index contributed by atoms with van der Waals surface area (Å²) in [5.74, 6) is -0.728. The third-order valence-electron chi connectivity index (χ3n) is 2.95. The lowest BCUT2D eigenvalue weighted by atomic mass is 10.2. The number of carbonyl (C=O) groups is 2. The number of hydrogen-bond donors (Lipinski definition) is 0. The van der Waals surface area contributed by atoms with Crippen LogP contribution in [0, 0.1) is 22.7 Å². The van der Waals surface area contributed by atoms with Gasteiger partial charge in [0, 0.05) is 19.2 Å². The monoisotopic (exact) mass is 293 g/mol. The van der Waals surface area contributed by atoms with Crippen LogP contribution in [-0.2, 0) is 4.79 Å². The van der Waals surface area contributed by atoms with Gasteiger partial charge in [-0.25, -0.2) is 0 Å². The minimum absolute atomic E-state index is 0.154. The van der Waals surface area contributed by atoms with E-state index < -0.39 is 5.97 Å². The number of rotatable bonds is 2. The number of para-hydroxylation sites is 1. The molecule has 0 atom stereocenters. The van der Waals surface area contributed by atoms with Crippen molar-refractivity contribution in [2.45, 2.75) is 13.8 Å². The standard InChI is InChI=1S/C16H11N3O3/c1-10(20)19-14-6-4-3-5-13(14)16(22-11(2)21)15(19)7-12(8-17)9-18/h3-7H,1-2H3. The fourth-order valence-electron chi connectivity index (χ4n) is 2.18. The summed E-state index contributed by atoms with van der Waals surface area (Å²) in [5, 5.41) is 18.4. The van der Waals surface area contributed by atoms with Gasteiger partial charge in [-0.1, -0.05) is 12.1 Å². The van der Waals surface area contributed by atoms with Gasteiger partial charge in [0.25, 0.3) is 0 Å². The van der Waals surface area contributed by atoms with E-state index in [2.05, 4.69) is 0 Å². The van der Waals surface area contributed by atoms with Gasteiger partial charge < -0.3 is 4.74 Å². The lowest BCUT2D eigenvalue weighted by Crippen LogP contribution is -2.09. The van der Waals surface area contributed by atoms with Gasteiger partial charge in [0.2, 0.25) is 5.91 Å². The van der Waals surface area contributed by atoms with E-state index in [0.29, 0.717) is 10.9 Å². The summed E-state index contributed by atoms with van der Waals surface area (Å²) < 4.78 is 6.51. The van der Waals surface area contributed by atoms with Crippen molar-refractivity contribution in [2.24, 2.45) is 0 Å². The van der Waals surface area contributed by atoms with Crippen molar-refractivity contribution in [3.05, 3.63) is 35.5 Å². The van der Waals surface area contributed by atoms with E-state index in [-0.39, 0.29) is 22.9 Å². The number of nitriles is 2. The predicted molar refractivity (Wildman–Crippen MR) is 78.8 cm³/mol. The number of esters is 1. The van der Waals surface area contributed by atoms with Gasteiger partial charge in [-0.2, -0.15) is 10.5 Å². The Morgan fingerprint density at radius 3 is 2.36 bits per heavy atom. The maximum absolute atomic E-state index is 12.0. The van der Waals surface area contributed by atoms with E-state index >= 15 is 0 Å². The smallest absolute Gasteiger partial charge is 0.308 e. The molecular formula is C16H11N3O3. The summed E-state index contributed by atoms with van der Waals surface area (Å²) in [7, 11) is 0. The third kappa shape index (κ3) is 2.58. The zero-order valence-corrected chi connectivity index (χ0v) is 12.0. The molecule has 0 unspecified atom stereocenters. The molecule has 0 radical (unpaired) electrons. The first-order valence-corrected chi connectivity index (χ1v) is 6.34. The zero-order valence-electron chi connectivity index (χ0n) is 12.0. The summed E-state index contributed by atoms with van der Waals surface area (Å²) in [5.41, 5.74) is 0.536. The van der Waals surface area contributed by atoms with Crippen molar-refractivity contribution in [2.75, 3.05) is 0 Å². The van der Waals surface area contributed by atoms with Crippen molar-refractivity contribution < 1.29 is 14.3 Å². The highest BCUT2D eigenvalue weighted by Crippen LogP contribution is 2.35. The second-order valence-corrected chi connectivity index (χ2v) is 4.46. The Morgan fingerprint density at radius 1 is 1.18 bits per heavy atom. The molecule has 0 amide bonds. The SMILES string of the molecule is CC(=O)Oc1c(C=C(C#N)C#N)n(C(C)=O)c2ccccc12. The van der Waals surface area contributed by atoms with Crippen molar-refractivity contribution in [1.82, 2.24) is 4.57 Å². The molecule has 2 rings (SSSR count). The molecule has 0 saturated heterocycles. The highest BCUT2D eigenvalue weighted by molar-refractivity contribution is 6.01. The molecule has 1 aromatic heterocycles. The van der Waals surface area contributed by atoms with Gasteiger partial charge >= 0.3 is 5.97 Å². The quantitative estimate of drug-likeness (QED) is 0.626. The van der Waals surface area contributed by atoms with Crippen LogP contribution in [0.3, 0.4) is 0 Å². The number of carbonyl (C=O) groups excluding carboxylic acids is 2. The van der Waals surface area contributed by atoms with Crippen LogP contribution >= 0.6 is 0 Å². The van der Waals surface area contributed by atoms with Crippen molar-refractivity contribution in [3.8, 4) is 17.9 Å². The molecule has 2 aromatic rings. The van der Waals surface area contributed by atoms with Gasteiger partial charge in [-0.3, -0.25) is 14.2 Å². The van der Waals surface area contributed by atoms with Gasteiger partial charge in [-0.15, -0.1) is 0 Å². The lowest BCUT2D eigenvalue weighted by Gasteiger charge is -2.04. The second kappa shape index (κ2) is 5.94. The minimum Gasteiger partial charge on any atom is -0.424 e. The van der Waals surface area contributed by atoms with Crippen LogP contribution in [-0.4, -0.2) is 16.4 Å². The van der Waals surface area contributed by atoms with E-state index in [1.807, 2.05) is 0 Å². The predicted octanol–water partition coefficient (Wildman–Crippen LogP) is 2.66. The van der Waals surface area contributed by atoms with Gasteiger partial charge in [0.05, 0.1) is 11.2 Å². The topological polar surface area (TPSA) is 95.9 Å². The molecule has 6 nitrogen and oxygen atoms in total. The number of allylic oxidation sites excluding steroid dienone is 1. The average Bonchev–Trinajstić information content (AvgIpc) is 2.78. The Bertz CT molecular complexity index is 876. The lowest BCUT2D eigenvalue weighted by molar-refractivity contribution is -0.131. The number of benzene rings is 1. The molecule has 0 N–H and O–H groups in total. The van der Waals surface area contributed by atoms with E-state index in [9.17, 15) is 9.59 Å². The van der Waals surface area contributed by atoms with Crippen LogP contribution in [0.15, 0.2) is 29.8 Å². The molecule has 0 aliphatic carbocycles. The Morgan fingerprint density at radius 2 is 1.82 bits per heavy atom. The van der Waals surface area contributed by atoms with Crippen LogP contribution in [0.4, 0.5) is 0 Å². The molecule has 0 aliphatic rings. The molecule has 22 heavy (non-hydrogen) atoms. The van der Waals surface area contributed by atoms with Crippen molar-refractivity contribution >= 4 is 28.9 Å². The second-order valence-electron chi connectivity index (χ2n) is 4.46. The van der Waals surface area contributed by atoms with E-state index in [1.54, 1.807) is 36.4 Å². The van der Waals surface area contributed by atoms with Crippen molar-refractivity contribution in [3.63, 3.8) is 0 Å². The Hall–Kier alpha value is -3.38. The van der Waals surface area contributed by atoms with Gasteiger partial charge in [-0.05, 0) is 18.2 Å². The van der Waals surface area contributed by atoms with Crippen LogP contribution in [0.25, 0.3) is 17.0 Å². The number of fused-ring (bicyclic) bond motifs is 1. The number of hydrogen-bond acceptors (Lipinski definition) is 5. The Labute approximate surface area is 126 Å². The van der Waals surface area contributed by atoms with Crippen molar-refractivity contribution in [1.29, 1.82) is 10.5 Å². The Kier molecular flexibility index (Phi) is 4.06. The van der Waals surface area contributed by atoms with Crippen LogP contribution < -0.4 is 4.74 Å². The molecular weight excluding hydrogens is 282 g/mol. The highest BCUT2D eigenvalue weighted by atomic mass is 16.5.